The molecule has 3 heteroatoms. The Labute approximate surface area is 79.2 Å². The van der Waals surface area contributed by atoms with E-state index in [4.69, 9.17) is 15.2 Å². The summed E-state index contributed by atoms with van der Waals surface area (Å²) in [6.45, 7) is 2.54. The largest absolute Gasteiger partial charge is 0.497 e. The second-order valence-corrected chi connectivity index (χ2v) is 3.37. The molecule has 1 aliphatic rings. The van der Waals surface area contributed by atoms with Gasteiger partial charge >= 0.3 is 0 Å². The molecule has 13 heavy (non-hydrogen) atoms. The topological polar surface area (TPSA) is 44.5 Å². The van der Waals surface area contributed by atoms with E-state index in [0.717, 1.165) is 17.8 Å². The second-order valence-electron chi connectivity index (χ2n) is 3.37. The fourth-order valence-corrected chi connectivity index (χ4v) is 1.37. The van der Waals surface area contributed by atoms with Crippen LogP contribution in [0.15, 0.2) is 23.5 Å². The Morgan fingerprint density at radius 1 is 1.54 bits per heavy atom. The van der Waals surface area contributed by atoms with E-state index in [9.17, 15) is 0 Å². The predicted octanol–water partition coefficient (Wildman–Crippen LogP) is 1.21. The summed E-state index contributed by atoms with van der Waals surface area (Å²) < 4.78 is 10.6. The van der Waals surface area contributed by atoms with Crippen molar-refractivity contribution in [3.05, 3.63) is 23.5 Å². The molecular formula is C10H17NO2. The maximum Gasteiger partial charge on any atom is 0.121 e. The number of ether oxygens (including phenoxy) is 2. The first-order valence-corrected chi connectivity index (χ1v) is 4.36. The van der Waals surface area contributed by atoms with Gasteiger partial charge in [0.15, 0.2) is 0 Å². The van der Waals surface area contributed by atoms with Gasteiger partial charge in [0.25, 0.3) is 0 Å². The molecule has 0 radical (unpaired) electrons. The lowest BCUT2D eigenvalue weighted by atomic mass is 9.92. The Morgan fingerprint density at radius 3 is 2.69 bits per heavy atom. The maximum absolute atomic E-state index is 5.57. The lowest BCUT2D eigenvalue weighted by molar-refractivity contribution is 0.0456. The molecule has 0 spiro atoms. The van der Waals surface area contributed by atoms with Crippen molar-refractivity contribution in [3.63, 3.8) is 0 Å². The number of methoxy groups -OCH3 is 2. The van der Waals surface area contributed by atoms with Gasteiger partial charge in [-0.15, -0.1) is 0 Å². The Bertz CT molecular complexity index is 245. The molecule has 0 fully saturated rings. The van der Waals surface area contributed by atoms with Gasteiger partial charge in [0.05, 0.1) is 12.7 Å². The molecule has 0 saturated carbocycles. The number of nitrogens with two attached hydrogens (primary N) is 1. The normalized spacial score (nSPS) is 28.0. The standard InChI is InChI=1S/C10H17NO2/c1-10(13-3)5-4-8(7-11)9(6-10)12-2/h4,6H,5,7,11H2,1-3H3. The molecule has 3 nitrogen and oxygen atoms in total. The van der Waals surface area contributed by atoms with E-state index in [1.165, 1.54) is 0 Å². The Morgan fingerprint density at radius 2 is 2.23 bits per heavy atom. The van der Waals surface area contributed by atoms with Crippen LogP contribution < -0.4 is 5.73 Å². The van der Waals surface area contributed by atoms with Crippen LogP contribution in [0.5, 0.6) is 0 Å². The van der Waals surface area contributed by atoms with Crippen LogP contribution in [0.1, 0.15) is 13.3 Å². The van der Waals surface area contributed by atoms with Crippen LogP contribution >= 0.6 is 0 Å². The van der Waals surface area contributed by atoms with E-state index in [1.54, 1.807) is 14.2 Å². The average molecular weight is 183 g/mol. The van der Waals surface area contributed by atoms with E-state index >= 15 is 0 Å². The first-order valence-electron chi connectivity index (χ1n) is 4.36. The van der Waals surface area contributed by atoms with Gasteiger partial charge < -0.3 is 15.2 Å². The molecule has 0 aromatic carbocycles. The molecule has 0 aliphatic heterocycles. The van der Waals surface area contributed by atoms with Crippen molar-refractivity contribution in [1.29, 1.82) is 0 Å². The molecule has 74 valence electrons. The molecule has 2 N–H and O–H groups in total. The van der Waals surface area contributed by atoms with Gasteiger partial charge in [0, 0.05) is 19.2 Å². The molecule has 0 aromatic heterocycles. The second kappa shape index (κ2) is 3.94. The lowest BCUT2D eigenvalue weighted by Gasteiger charge is -2.28. The van der Waals surface area contributed by atoms with Gasteiger partial charge in [-0.2, -0.15) is 0 Å². The monoisotopic (exact) mass is 183 g/mol. The van der Waals surface area contributed by atoms with Crippen molar-refractivity contribution in [1.82, 2.24) is 0 Å². The number of rotatable bonds is 3. The SMILES string of the molecule is COC1=CC(C)(OC)CC=C1CN. The van der Waals surface area contributed by atoms with Gasteiger partial charge in [-0.05, 0) is 19.4 Å². The Hall–Kier alpha value is -0.800. The van der Waals surface area contributed by atoms with Gasteiger partial charge in [-0.3, -0.25) is 0 Å². The smallest absolute Gasteiger partial charge is 0.121 e. The Balaban J connectivity index is 2.87. The number of hydrogen-bond donors (Lipinski definition) is 1. The zero-order chi connectivity index (χ0) is 9.90. The summed E-state index contributed by atoms with van der Waals surface area (Å²) >= 11 is 0. The summed E-state index contributed by atoms with van der Waals surface area (Å²) in [5, 5.41) is 0. The van der Waals surface area contributed by atoms with Crippen LogP contribution in [0.4, 0.5) is 0 Å². The Kier molecular flexibility index (Phi) is 3.12. The van der Waals surface area contributed by atoms with E-state index in [0.29, 0.717) is 6.54 Å². The highest BCUT2D eigenvalue weighted by molar-refractivity contribution is 5.34. The molecule has 0 aromatic rings. The van der Waals surface area contributed by atoms with Crippen molar-refractivity contribution in [2.24, 2.45) is 5.73 Å². The molecule has 0 amide bonds. The average Bonchev–Trinajstić information content (AvgIpc) is 2.18. The fourth-order valence-electron chi connectivity index (χ4n) is 1.37. The minimum Gasteiger partial charge on any atom is -0.497 e. The van der Waals surface area contributed by atoms with Crippen LogP contribution in [-0.4, -0.2) is 26.4 Å². The first-order chi connectivity index (χ1) is 6.15. The highest BCUT2D eigenvalue weighted by atomic mass is 16.5. The summed E-state index contributed by atoms with van der Waals surface area (Å²) in [6, 6.07) is 0. The summed E-state index contributed by atoms with van der Waals surface area (Å²) in [5.74, 6) is 0.832. The van der Waals surface area contributed by atoms with E-state index < -0.39 is 0 Å². The van der Waals surface area contributed by atoms with Crippen LogP contribution in [-0.2, 0) is 9.47 Å². The first kappa shape index (κ1) is 10.3. The van der Waals surface area contributed by atoms with Gasteiger partial charge in [0.2, 0.25) is 0 Å². The van der Waals surface area contributed by atoms with Crippen molar-refractivity contribution in [2.75, 3.05) is 20.8 Å². The van der Waals surface area contributed by atoms with Gasteiger partial charge in [-0.1, -0.05) is 6.08 Å². The zero-order valence-electron chi connectivity index (χ0n) is 8.46. The summed E-state index contributed by atoms with van der Waals surface area (Å²) in [7, 11) is 3.35. The molecule has 0 heterocycles. The minimum atomic E-state index is -0.246. The van der Waals surface area contributed by atoms with Crippen molar-refractivity contribution < 1.29 is 9.47 Å². The van der Waals surface area contributed by atoms with Gasteiger partial charge in [-0.25, -0.2) is 0 Å². The molecule has 0 bridgehead atoms. The van der Waals surface area contributed by atoms with Crippen molar-refractivity contribution in [2.45, 2.75) is 18.9 Å². The molecule has 1 rings (SSSR count). The zero-order valence-corrected chi connectivity index (χ0v) is 8.46. The molecule has 1 aliphatic carbocycles. The maximum atomic E-state index is 5.57. The third-order valence-electron chi connectivity index (χ3n) is 2.41. The molecular weight excluding hydrogens is 166 g/mol. The van der Waals surface area contributed by atoms with E-state index in [2.05, 4.69) is 6.08 Å². The summed E-state index contributed by atoms with van der Waals surface area (Å²) in [4.78, 5) is 0. The third kappa shape index (κ3) is 2.11. The highest BCUT2D eigenvalue weighted by Gasteiger charge is 2.25. The number of hydrogen-bond acceptors (Lipinski definition) is 3. The third-order valence-corrected chi connectivity index (χ3v) is 2.41. The van der Waals surface area contributed by atoms with Crippen LogP contribution in [0.25, 0.3) is 0 Å². The van der Waals surface area contributed by atoms with Crippen molar-refractivity contribution in [3.8, 4) is 0 Å². The quantitative estimate of drug-likeness (QED) is 0.715. The molecule has 1 unspecified atom stereocenters. The minimum absolute atomic E-state index is 0.246. The lowest BCUT2D eigenvalue weighted by Crippen LogP contribution is -2.28. The van der Waals surface area contributed by atoms with Crippen LogP contribution in [0.3, 0.4) is 0 Å². The van der Waals surface area contributed by atoms with Crippen LogP contribution in [0, 0.1) is 0 Å². The van der Waals surface area contributed by atoms with E-state index in [-0.39, 0.29) is 5.60 Å². The summed E-state index contributed by atoms with van der Waals surface area (Å²) in [5.41, 5.74) is 6.38. The van der Waals surface area contributed by atoms with Crippen LogP contribution in [0.2, 0.25) is 0 Å². The predicted molar refractivity (Wildman–Crippen MR) is 52.3 cm³/mol. The van der Waals surface area contributed by atoms with Crippen molar-refractivity contribution >= 4 is 0 Å². The summed E-state index contributed by atoms with van der Waals surface area (Å²) in [6.07, 6.45) is 4.90. The highest BCUT2D eigenvalue weighted by Crippen LogP contribution is 2.28. The van der Waals surface area contributed by atoms with E-state index in [1.807, 2.05) is 13.0 Å². The van der Waals surface area contributed by atoms with Gasteiger partial charge in [0.1, 0.15) is 5.76 Å². The molecule has 1 atom stereocenters. The molecule has 0 saturated heterocycles. The fraction of sp³-hybridized carbons (Fsp3) is 0.600.